The molecule has 5 heteroatoms. The molecular formula is C22H30N4O. The molecule has 2 rings (SSSR count). The fraction of sp³-hybridized carbons (Fsp3) is 0.364. The molecule has 0 aliphatic rings. The third-order valence-electron chi connectivity index (χ3n) is 3.96. The van der Waals surface area contributed by atoms with Gasteiger partial charge in [0.2, 0.25) is 0 Å². The van der Waals surface area contributed by atoms with Gasteiger partial charge in [0.05, 0.1) is 0 Å². The molecule has 0 bridgehead atoms. The van der Waals surface area contributed by atoms with Gasteiger partial charge in [-0.3, -0.25) is 9.79 Å². The summed E-state index contributed by atoms with van der Waals surface area (Å²) in [5.74, 6) is 0.748. The summed E-state index contributed by atoms with van der Waals surface area (Å²) in [6.45, 7) is 7.30. The van der Waals surface area contributed by atoms with Crippen molar-refractivity contribution in [2.24, 2.45) is 4.99 Å². The van der Waals surface area contributed by atoms with Crippen LogP contribution in [0.2, 0.25) is 0 Å². The molecule has 27 heavy (non-hydrogen) atoms. The van der Waals surface area contributed by atoms with Crippen LogP contribution in [0.25, 0.3) is 0 Å². The van der Waals surface area contributed by atoms with Gasteiger partial charge in [0, 0.05) is 38.3 Å². The van der Waals surface area contributed by atoms with Crippen LogP contribution >= 0.6 is 0 Å². The van der Waals surface area contributed by atoms with Crippen molar-refractivity contribution in [1.82, 2.24) is 15.5 Å². The van der Waals surface area contributed by atoms with E-state index in [2.05, 4.69) is 32.7 Å². The highest BCUT2D eigenvalue weighted by Gasteiger charge is 2.15. The molecule has 0 radical (unpaired) electrons. The number of benzene rings is 2. The number of hydrogen-bond donors (Lipinski definition) is 2. The van der Waals surface area contributed by atoms with Crippen molar-refractivity contribution in [1.29, 1.82) is 0 Å². The summed E-state index contributed by atoms with van der Waals surface area (Å²) in [7, 11) is 3.78. The second-order valence-corrected chi connectivity index (χ2v) is 7.65. The average Bonchev–Trinajstić information content (AvgIpc) is 2.62. The number of guanidine groups is 1. The molecular weight excluding hydrogens is 336 g/mol. The first-order chi connectivity index (χ1) is 12.8. The molecule has 0 aliphatic carbocycles. The lowest BCUT2D eigenvalue weighted by Gasteiger charge is -2.22. The number of aliphatic imine (C=N–C) groups is 1. The fourth-order valence-electron chi connectivity index (χ4n) is 2.73. The van der Waals surface area contributed by atoms with Gasteiger partial charge in [-0.15, -0.1) is 0 Å². The van der Waals surface area contributed by atoms with E-state index < -0.39 is 0 Å². The lowest BCUT2D eigenvalue weighted by Crippen LogP contribution is -2.40. The molecule has 0 saturated carbocycles. The van der Waals surface area contributed by atoms with E-state index in [1.54, 1.807) is 7.05 Å². The minimum absolute atomic E-state index is 0.0603. The molecule has 0 aromatic heterocycles. The highest BCUT2D eigenvalue weighted by Crippen LogP contribution is 2.09. The molecule has 5 nitrogen and oxygen atoms in total. The molecule has 0 fully saturated rings. The summed E-state index contributed by atoms with van der Waals surface area (Å²) in [5, 5.41) is 6.36. The first-order valence-electron chi connectivity index (χ1n) is 9.15. The summed E-state index contributed by atoms with van der Waals surface area (Å²) in [6.07, 6.45) is 0. The summed E-state index contributed by atoms with van der Waals surface area (Å²) >= 11 is 0. The van der Waals surface area contributed by atoms with E-state index in [0.717, 1.165) is 18.1 Å². The monoisotopic (exact) mass is 366 g/mol. The summed E-state index contributed by atoms with van der Waals surface area (Å²) in [4.78, 5) is 18.8. The Balaban J connectivity index is 1.98. The van der Waals surface area contributed by atoms with Crippen LogP contribution in [0.15, 0.2) is 59.6 Å². The Morgan fingerprint density at radius 3 is 2.33 bits per heavy atom. The van der Waals surface area contributed by atoms with Gasteiger partial charge in [-0.1, -0.05) is 42.5 Å². The van der Waals surface area contributed by atoms with Gasteiger partial charge >= 0.3 is 0 Å². The molecule has 1 amide bonds. The fourth-order valence-corrected chi connectivity index (χ4v) is 2.73. The van der Waals surface area contributed by atoms with Crippen molar-refractivity contribution in [2.45, 2.75) is 39.4 Å². The van der Waals surface area contributed by atoms with Crippen LogP contribution in [0, 0.1) is 0 Å². The molecule has 0 unspecified atom stereocenters. The van der Waals surface area contributed by atoms with E-state index in [0.29, 0.717) is 12.1 Å². The second-order valence-electron chi connectivity index (χ2n) is 7.65. The van der Waals surface area contributed by atoms with Crippen molar-refractivity contribution in [3.8, 4) is 0 Å². The number of amides is 1. The van der Waals surface area contributed by atoms with Gasteiger partial charge < -0.3 is 15.5 Å². The Morgan fingerprint density at radius 1 is 1.04 bits per heavy atom. The van der Waals surface area contributed by atoms with Crippen LogP contribution in [0.1, 0.15) is 42.3 Å². The van der Waals surface area contributed by atoms with Crippen molar-refractivity contribution >= 4 is 11.9 Å². The van der Waals surface area contributed by atoms with Gasteiger partial charge in [0.25, 0.3) is 5.91 Å². The molecule has 0 heterocycles. The van der Waals surface area contributed by atoms with Crippen molar-refractivity contribution < 1.29 is 4.79 Å². The summed E-state index contributed by atoms with van der Waals surface area (Å²) in [6, 6.07) is 17.9. The Hall–Kier alpha value is -2.82. The predicted octanol–water partition coefficient (Wildman–Crippen LogP) is 3.42. The Morgan fingerprint density at radius 2 is 1.70 bits per heavy atom. The van der Waals surface area contributed by atoms with Crippen molar-refractivity contribution in [2.75, 3.05) is 14.1 Å². The number of hydrogen-bond acceptors (Lipinski definition) is 2. The summed E-state index contributed by atoms with van der Waals surface area (Å²) in [5.41, 5.74) is 2.67. The Bertz CT molecular complexity index is 778. The van der Waals surface area contributed by atoms with E-state index in [1.807, 2.05) is 70.3 Å². The van der Waals surface area contributed by atoms with Gasteiger partial charge in [-0.05, 0) is 44.0 Å². The molecule has 2 aromatic rings. The topological polar surface area (TPSA) is 56.7 Å². The van der Waals surface area contributed by atoms with E-state index in [9.17, 15) is 4.79 Å². The molecule has 0 atom stereocenters. The molecule has 2 N–H and O–H groups in total. The highest BCUT2D eigenvalue weighted by atomic mass is 16.1. The number of carbonyl (C=O) groups excluding carboxylic acids is 1. The molecule has 0 spiro atoms. The lowest BCUT2D eigenvalue weighted by atomic mass is 10.1. The maximum Gasteiger partial charge on any atom is 0.251 e. The zero-order valence-corrected chi connectivity index (χ0v) is 16.9. The minimum Gasteiger partial charge on any atom is -0.352 e. The van der Waals surface area contributed by atoms with Crippen LogP contribution in [0.5, 0.6) is 0 Å². The molecule has 2 aromatic carbocycles. The molecule has 144 valence electrons. The van der Waals surface area contributed by atoms with Crippen LogP contribution in [-0.2, 0) is 13.1 Å². The Kier molecular flexibility index (Phi) is 6.99. The summed E-state index contributed by atoms with van der Waals surface area (Å²) < 4.78 is 0. The van der Waals surface area contributed by atoms with E-state index >= 15 is 0 Å². The SMILES string of the molecule is CN=C(NCc1cccc(C(=O)NC(C)(C)C)c1)N(C)Cc1ccccc1. The number of nitrogens with zero attached hydrogens (tertiary/aromatic N) is 2. The predicted molar refractivity (Wildman–Crippen MR) is 112 cm³/mol. The smallest absolute Gasteiger partial charge is 0.251 e. The van der Waals surface area contributed by atoms with E-state index in [1.165, 1.54) is 5.56 Å². The van der Waals surface area contributed by atoms with E-state index in [4.69, 9.17) is 0 Å². The molecule has 0 saturated heterocycles. The van der Waals surface area contributed by atoms with E-state index in [-0.39, 0.29) is 11.4 Å². The number of nitrogens with one attached hydrogen (secondary N) is 2. The zero-order valence-electron chi connectivity index (χ0n) is 16.9. The second kappa shape index (κ2) is 9.21. The number of rotatable bonds is 5. The van der Waals surface area contributed by atoms with Crippen LogP contribution in [0.3, 0.4) is 0 Å². The standard InChI is InChI=1S/C22H30N4O/c1-22(2,3)25-20(27)19-13-9-12-18(14-19)15-24-21(23-4)26(5)16-17-10-7-6-8-11-17/h6-14H,15-16H2,1-5H3,(H,23,24)(H,25,27). The first-order valence-corrected chi connectivity index (χ1v) is 9.15. The largest absolute Gasteiger partial charge is 0.352 e. The van der Waals surface area contributed by atoms with Crippen molar-refractivity contribution in [3.63, 3.8) is 0 Å². The normalized spacial score (nSPS) is 11.8. The lowest BCUT2D eigenvalue weighted by molar-refractivity contribution is 0.0919. The van der Waals surface area contributed by atoms with Crippen LogP contribution in [-0.4, -0.2) is 36.4 Å². The van der Waals surface area contributed by atoms with Gasteiger partial charge in [0.1, 0.15) is 0 Å². The third-order valence-corrected chi connectivity index (χ3v) is 3.96. The van der Waals surface area contributed by atoms with Gasteiger partial charge in [0.15, 0.2) is 5.96 Å². The van der Waals surface area contributed by atoms with Gasteiger partial charge in [-0.2, -0.15) is 0 Å². The van der Waals surface area contributed by atoms with Crippen molar-refractivity contribution in [3.05, 3.63) is 71.3 Å². The Labute approximate surface area is 162 Å². The third kappa shape index (κ3) is 6.77. The van der Waals surface area contributed by atoms with Crippen LogP contribution < -0.4 is 10.6 Å². The van der Waals surface area contributed by atoms with Crippen LogP contribution in [0.4, 0.5) is 0 Å². The zero-order chi connectivity index (χ0) is 19.9. The quantitative estimate of drug-likeness (QED) is 0.630. The minimum atomic E-state index is -0.256. The number of carbonyl (C=O) groups is 1. The highest BCUT2D eigenvalue weighted by molar-refractivity contribution is 5.94. The maximum absolute atomic E-state index is 12.4. The molecule has 0 aliphatic heterocycles. The average molecular weight is 367 g/mol. The first kappa shape index (κ1) is 20.5. The maximum atomic E-state index is 12.4. The van der Waals surface area contributed by atoms with Gasteiger partial charge in [-0.25, -0.2) is 0 Å².